The van der Waals surface area contributed by atoms with E-state index in [0.29, 0.717) is 42.9 Å². The summed E-state index contributed by atoms with van der Waals surface area (Å²) in [6.45, 7) is 6.28. The highest BCUT2D eigenvalue weighted by Gasteiger charge is 2.33. The van der Waals surface area contributed by atoms with Crippen molar-refractivity contribution in [2.24, 2.45) is 17.8 Å². The summed E-state index contributed by atoms with van der Waals surface area (Å²) in [4.78, 5) is 44.1. The Balaban J connectivity index is 0.000000223. The number of hydrogen-bond acceptors (Lipinski definition) is 10. The lowest BCUT2D eigenvalue weighted by molar-refractivity contribution is -0.137. The molecule has 0 radical (unpaired) electrons. The first-order valence-electron chi connectivity index (χ1n) is 21.8. The number of carbonyl (C=O) groups is 3. The normalized spacial score (nSPS) is 14.4. The van der Waals surface area contributed by atoms with Gasteiger partial charge in [0.05, 0.1) is 13.1 Å². The van der Waals surface area contributed by atoms with Gasteiger partial charge in [-0.3, -0.25) is 14.4 Å². The molecule has 2 fully saturated rings. The smallest absolute Gasteiger partial charge is 0.314 e. The van der Waals surface area contributed by atoms with E-state index in [-0.39, 0.29) is 89.4 Å². The Bertz CT molecular complexity index is 2610. The second-order valence-corrected chi connectivity index (χ2v) is 16.4. The summed E-state index contributed by atoms with van der Waals surface area (Å²) in [6.07, 6.45) is -3.29. The molecule has 6 aromatic rings. The zero-order chi connectivity index (χ0) is 47.6. The van der Waals surface area contributed by atoms with Crippen LogP contribution in [-0.2, 0) is 27.5 Å². The van der Waals surface area contributed by atoms with Crippen molar-refractivity contribution >= 4 is 41.5 Å². The number of halogens is 7. The fourth-order valence-electron chi connectivity index (χ4n) is 7.87. The van der Waals surface area contributed by atoms with Gasteiger partial charge in [-0.05, 0) is 87.3 Å². The summed E-state index contributed by atoms with van der Waals surface area (Å²) < 4.78 is 90.6. The number of rotatable bonds is 13. The summed E-state index contributed by atoms with van der Waals surface area (Å²) in [5.74, 6) is -3.91. The Morgan fingerprint density at radius 2 is 1.04 bits per heavy atom. The van der Waals surface area contributed by atoms with Gasteiger partial charge in [0.15, 0.2) is 0 Å². The molecular formula is C48H49ClF6N8O5. The number of nitrogens with one attached hydrogen (secondary N) is 1. The average molecular weight is 967 g/mol. The van der Waals surface area contributed by atoms with Crippen LogP contribution in [0.5, 0.6) is 0 Å². The van der Waals surface area contributed by atoms with Crippen LogP contribution in [0.1, 0.15) is 75.3 Å². The number of nitrogens with zero attached hydrogens (tertiary/aromatic N) is 7. The molecule has 0 unspecified atom stereocenters. The van der Waals surface area contributed by atoms with Crippen molar-refractivity contribution < 1.29 is 49.6 Å². The van der Waals surface area contributed by atoms with Crippen molar-refractivity contribution in [2.45, 2.75) is 65.5 Å². The van der Waals surface area contributed by atoms with Crippen LogP contribution in [0.2, 0.25) is 0 Å². The van der Waals surface area contributed by atoms with Gasteiger partial charge in [0.1, 0.15) is 11.6 Å². The molecule has 4 heterocycles. The summed E-state index contributed by atoms with van der Waals surface area (Å²) >= 11 is 0. The number of carbonyl (C=O) groups excluding carboxylic acids is 3. The van der Waals surface area contributed by atoms with Crippen LogP contribution >= 0.6 is 12.4 Å². The van der Waals surface area contributed by atoms with Crippen molar-refractivity contribution in [3.05, 3.63) is 132 Å². The molecule has 68 heavy (non-hydrogen) atoms. The molecule has 0 spiro atoms. The summed E-state index contributed by atoms with van der Waals surface area (Å²) in [5.41, 5.74) is 2.21. The third kappa shape index (κ3) is 12.5. The van der Waals surface area contributed by atoms with E-state index in [1.54, 1.807) is 39.0 Å². The van der Waals surface area contributed by atoms with Crippen LogP contribution in [-0.4, -0.2) is 69.2 Å². The molecule has 20 heteroatoms. The lowest BCUT2D eigenvalue weighted by atomic mass is 9.94. The number of para-hydroxylation sites is 2. The predicted octanol–water partition coefficient (Wildman–Crippen LogP) is 10.0. The number of aromatic nitrogens is 4. The van der Waals surface area contributed by atoms with Crippen LogP contribution < -0.4 is 15.1 Å². The largest absolute Gasteiger partial charge is 0.415 e. The van der Waals surface area contributed by atoms with Crippen molar-refractivity contribution in [3.63, 3.8) is 0 Å². The second kappa shape index (κ2) is 23.4. The van der Waals surface area contributed by atoms with E-state index in [0.717, 1.165) is 38.1 Å². The highest BCUT2D eigenvalue weighted by molar-refractivity contribution is 5.96. The minimum Gasteiger partial charge on any atom is -0.415 e. The first kappa shape index (κ1) is 50.8. The Morgan fingerprint density at radius 1 is 0.632 bits per heavy atom. The second-order valence-electron chi connectivity index (χ2n) is 16.4. The fourth-order valence-corrected chi connectivity index (χ4v) is 7.87. The van der Waals surface area contributed by atoms with Gasteiger partial charge < -0.3 is 28.9 Å². The van der Waals surface area contributed by atoms with Gasteiger partial charge in [0.25, 0.3) is 11.8 Å². The minimum atomic E-state index is -2.92. The molecule has 360 valence electrons. The molecule has 0 bridgehead atoms. The molecule has 2 saturated heterocycles. The van der Waals surface area contributed by atoms with E-state index in [1.807, 2.05) is 50.2 Å². The minimum absolute atomic E-state index is 0. The highest BCUT2D eigenvalue weighted by Crippen LogP contribution is 2.31. The monoisotopic (exact) mass is 966 g/mol. The van der Waals surface area contributed by atoms with Crippen molar-refractivity contribution in [1.82, 2.24) is 30.6 Å². The Morgan fingerprint density at radius 3 is 1.41 bits per heavy atom. The number of amides is 3. The number of likely N-dealkylation sites (tertiary alicyclic amines) is 1. The molecule has 1 N–H and O–H groups in total. The zero-order valence-corrected chi connectivity index (χ0v) is 37.9. The Hall–Kier alpha value is -6.60. The molecule has 2 aliphatic heterocycles. The molecule has 0 atom stereocenters. The molecule has 4 aromatic carbocycles. The SMILES string of the molecule is CC(C)C(=O)N1CCC(C(=O)N(Cc2ccc(-c3nnc(C(F)F)o3)cc2F)c2ccccc2)CC1.Cl.O=C(C1CCNCC1)N(Cc1ccc(-c2nnc(C(F)F)o2)cc1F)c1ccccc1. The third-order valence-corrected chi connectivity index (χ3v) is 11.5. The summed E-state index contributed by atoms with van der Waals surface area (Å²) in [5, 5.41) is 16.9. The Kier molecular flexibility index (Phi) is 17.5. The van der Waals surface area contributed by atoms with Gasteiger partial charge in [-0.15, -0.1) is 32.8 Å². The van der Waals surface area contributed by atoms with E-state index < -0.39 is 36.3 Å². The molecule has 2 aliphatic rings. The first-order chi connectivity index (χ1) is 32.3. The molecular weight excluding hydrogens is 918 g/mol. The predicted molar refractivity (Wildman–Crippen MR) is 242 cm³/mol. The van der Waals surface area contributed by atoms with Gasteiger partial charge in [0, 0.05) is 64.5 Å². The first-order valence-corrected chi connectivity index (χ1v) is 21.8. The molecule has 8 rings (SSSR count). The number of alkyl halides is 4. The molecule has 0 saturated carbocycles. The topological polar surface area (TPSA) is 151 Å². The van der Waals surface area contributed by atoms with Gasteiger partial charge in [-0.25, -0.2) is 8.78 Å². The molecule has 13 nitrogen and oxygen atoms in total. The van der Waals surface area contributed by atoms with Gasteiger partial charge >= 0.3 is 12.9 Å². The maximum absolute atomic E-state index is 15.1. The van der Waals surface area contributed by atoms with Crippen LogP contribution in [0.3, 0.4) is 0 Å². The summed E-state index contributed by atoms with van der Waals surface area (Å²) in [7, 11) is 0. The number of anilines is 2. The lowest BCUT2D eigenvalue weighted by Crippen LogP contribution is -2.45. The number of benzene rings is 4. The summed E-state index contributed by atoms with van der Waals surface area (Å²) in [6, 6.07) is 26.4. The van der Waals surface area contributed by atoms with Crippen LogP contribution in [0.15, 0.2) is 106 Å². The van der Waals surface area contributed by atoms with Crippen LogP contribution in [0.25, 0.3) is 22.9 Å². The van der Waals surface area contributed by atoms with Crippen LogP contribution in [0.4, 0.5) is 37.7 Å². The lowest BCUT2D eigenvalue weighted by Gasteiger charge is -2.35. The van der Waals surface area contributed by atoms with E-state index >= 15 is 4.39 Å². The van der Waals surface area contributed by atoms with E-state index in [2.05, 4.69) is 25.7 Å². The third-order valence-electron chi connectivity index (χ3n) is 11.5. The standard InChI is InChI=1S/C26H27F3N4O3.C22H21F3N4O2.ClH/c1-16(2)25(34)32-12-10-17(11-13-32)26(35)33(20-6-4-3-5-7-20)15-19-9-8-18(14-21(19)27)23-30-31-24(36-23)22(28)29;23-18-12-15(20-27-28-21(31-20)19(24)25)6-7-16(18)13-29(17-4-2-1-3-5-17)22(30)14-8-10-26-11-9-14;/h3-9,14,16-17,22H,10-13,15H2,1-2H3;1-7,12,14,19,26H,8-11,13H2;1H. The van der Waals surface area contributed by atoms with Gasteiger partial charge in [0.2, 0.25) is 29.5 Å². The Labute approximate surface area is 394 Å². The van der Waals surface area contributed by atoms with Gasteiger partial charge in [-0.2, -0.15) is 17.6 Å². The highest BCUT2D eigenvalue weighted by atomic mass is 35.5. The van der Waals surface area contributed by atoms with Crippen molar-refractivity contribution in [3.8, 4) is 22.9 Å². The van der Waals surface area contributed by atoms with E-state index in [4.69, 9.17) is 8.83 Å². The zero-order valence-electron chi connectivity index (χ0n) is 37.0. The van der Waals surface area contributed by atoms with Crippen molar-refractivity contribution in [2.75, 3.05) is 36.0 Å². The number of hydrogen-bond donors (Lipinski definition) is 1. The maximum Gasteiger partial charge on any atom is 0.314 e. The average Bonchev–Trinajstić information content (AvgIpc) is 4.06. The molecule has 3 amide bonds. The van der Waals surface area contributed by atoms with E-state index in [9.17, 15) is 36.3 Å². The molecule has 0 aliphatic carbocycles. The van der Waals surface area contributed by atoms with E-state index in [1.165, 1.54) is 24.3 Å². The van der Waals surface area contributed by atoms with Gasteiger partial charge in [-0.1, -0.05) is 62.4 Å². The quantitative estimate of drug-likeness (QED) is 0.111. The molecule has 2 aromatic heterocycles. The number of piperidine rings is 2. The van der Waals surface area contributed by atoms with Crippen molar-refractivity contribution in [1.29, 1.82) is 0 Å². The van der Waals surface area contributed by atoms with Crippen LogP contribution in [0, 0.1) is 29.4 Å². The maximum atomic E-state index is 15.1. The fraction of sp³-hybridized carbons (Fsp3) is 0.354.